The molecule has 3 aromatic rings. The van der Waals surface area contributed by atoms with Crippen LogP contribution in [-0.4, -0.2) is 93.2 Å². The van der Waals surface area contributed by atoms with Crippen LogP contribution >= 0.6 is 0 Å². The Morgan fingerprint density at radius 2 is 1.74 bits per heavy atom. The van der Waals surface area contributed by atoms with Crippen molar-refractivity contribution in [3.63, 3.8) is 0 Å². The first-order valence-corrected chi connectivity index (χ1v) is 13.4. The molecule has 206 valence electrons. The van der Waals surface area contributed by atoms with E-state index >= 15 is 0 Å². The van der Waals surface area contributed by atoms with E-state index in [-0.39, 0.29) is 17.9 Å². The molecule has 2 aliphatic rings. The van der Waals surface area contributed by atoms with Gasteiger partial charge in [-0.1, -0.05) is 12.1 Å². The van der Waals surface area contributed by atoms with Crippen molar-refractivity contribution in [1.29, 1.82) is 0 Å². The van der Waals surface area contributed by atoms with Crippen molar-refractivity contribution >= 4 is 23.5 Å². The Morgan fingerprint density at radius 1 is 1.00 bits per heavy atom. The van der Waals surface area contributed by atoms with Gasteiger partial charge in [0.1, 0.15) is 5.60 Å². The van der Waals surface area contributed by atoms with Gasteiger partial charge in [0, 0.05) is 69.5 Å². The molecule has 11 heteroatoms. The van der Waals surface area contributed by atoms with Gasteiger partial charge in [-0.2, -0.15) is 10.2 Å². The van der Waals surface area contributed by atoms with Crippen LogP contribution in [0.25, 0.3) is 11.1 Å². The average molecular weight is 533 g/mol. The van der Waals surface area contributed by atoms with E-state index in [0.717, 1.165) is 48.8 Å². The van der Waals surface area contributed by atoms with Gasteiger partial charge in [-0.05, 0) is 50.6 Å². The molecule has 2 amide bonds. The summed E-state index contributed by atoms with van der Waals surface area (Å²) in [6.45, 7) is 11.6. The lowest BCUT2D eigenvalue weighted by molar-refractivity contribution is -0.120. The van der Waals surface area contributed by atoms with Gasteiger partial charge in [0.15, 0.2) is 5.82 Å². The predicted octanol–water partition coefficient (Wildman–Crippen LogP) is 2.97. The Labute approximate surface area is 228 Å². The molecule has 1 aromatic carbocycles. The highest BCUT2D eigenvalue weighted by molar-refractivity contribution is 5.94. The molecule has 2 fully saturated rings. The molecule has 39 heavy (non-hydrogen) atoms. The van der Waals surface area contributed by atoms with Gasteiger partial charge >= 0.3 is 6.09 Å². The Kier molecular flexibility index (Phi) is 7.78. The number of nitrogens with one attached hydrogen (secondary N) is 1. The molecule has 4 heterocycles. The summed E-state index contributed by atoms with van der Waals surface area (Å²) in [5.74, 6) is 0.750. The summed E-state index contributed by atoms with van der Waals surface area (Å²) in [4.78, 5) is 31.0. The zero-order valence-corrected chi connectivity index (χ0v) is 22.8. The van der Waals surface area contributed by atoms with Crippen molar-refractivity contribution in [2.24, 2.45) is 5.92 Å². The molecule has 5 rings (SSSR count). The van der Waals surface area contributed by atoms with Crippen molar-refractivity contribution in [1.82, 2.24) is 29.8 Å². The molecular formula is C28H36N8O3. The van der Waals surface area contributed by atoms with Crippen molar-refractivity contribution < 1.29 is 14.3 Å². The van der Waals surface area contributed by atoms with Crippen molar-refractivity contribution in [3.05, 3.63) is 55.0 Å². The molecule has 2 aliphatic heterocycles. The van der Waals surface area contributed by atoms with Gasteiger partial charge in [-0.15, -0.1) is 5.10 Å². The van der Waals surface area contributed by atoms with Crippen molar-refractivity contribution in [2.45, 2.75) is 32.9 Å². The van der Waals surface area contributed by atoms with Gasteiger partial charge in [0.2, 0.25) is 5.91 Å². The molecule has 0 spiro atoms. The maximum atomic E-state index is 12.6. The van der Waals surface area contributed by atoms with E-state index in [4.69, 9.17) is 4.74 Å². The normalized spacial score (nSPS) is 16.6. The largest absolute Gasteiger partial charge is 0.444 e. The van der Waals surface area contributed by atoms with E-state index in [1.54, 1.807) is 11.1 Å². The van der Waals surface area contributed by atoms with Gasteiger partial charge < -0.3 is 19.9 Å². The maximum Gasteiger partial charge on any atom is 0.410 e. The SMILES string of the molecule is CC(C)(C)OC(=O)N1CCN(CCn2cc(-c3ccc(NC(=O)C4CN(c5cccnn5)C4)cc3)cn2)CC1. The standard InChI is InChI=1S/C28H36N8O3/c1-28(2,3)39-27(38)34-14-11-33(12-15-34)13-16-36-20-22(17-30-36)21-6-8-24(9-7-21)31-26(37)23-18-35(19-23)25-5-4-10-29-32-25/h4-10,17,20,23H,11-16,18-19H2,1-3H3,(H,31,37). The number of ether oxygens (including phenoxy) is 1. The molecule has 11 nitrogen and oxygen atoms in total. The number of nitrogens with zero attached hydrogens (tertiary/aromatic N) is 7. The highest BCUT2D eigenvalue weighted by Gasteiger charge is 2.33. The van der Waals surface area contributed by atoms with Gasteiger partial charge in [0.25, 0.3) is 0 Å². The van der Waals surface area contributed by atoms with Crippen molar-refractivity contribution in [2.75, 3.05) is 56.0 Å². The molecule has 0 atom stereocenters. The zero-order valence-electron chi connectivity index (χ0n) is 22.8. The molecule has 2 aromatic heterocycles. The predicted molar refractivity (Wildman–Crippen MR) is 148 cm³/mol. The van der Waals surface area contributed by atoms with Crippen molar-refractivity contribution in [3.8, 4) is 11.1 Å². The maximum absolute atomic E-state index is 12.6. The second-order valence-electron chi connectivity index (χ2n) is 11.1. The molecule has 0 radical (unpaired) electrons. The van der Waals surface area contributed by atoms with E-state index in [1.807, 2.05) is 79.1 Å². The molecule has 0 bridgehead atoms. The number of benzene rings is 1. The molecule has 2 saturated heterocycles. The van der Waals surface area contributed by atoms with Crippen LogP contribution in [-0.2, 0) is 16.1 Å². The van der Waals surface area contributed by atoms with Gasteiger partial charge in [0.05, 0.1) is 18.7 Å². The Hall–Kier alpha value is -3.99. The van der Waals surface area contributed by atoms with Gasteiger partial charge in [-0.3, -0.25) is 14.4 Å². The number of hydrogen-bond acceptors (Lipinski definition) is 8. The summed E-state index contributed by atoms with van der Waals surface area (Å²) in [6.07, 6.45) is 5.31. The van der Waals surface area contributed by atoms with E-state index in [9.17, 15) is 9.59 Å². The van der Waals surface area contributed by atoms with Crippen LogP contribution < -0.4 is 10.2 Å². The number of aromatic nitrogens is 4. The number of amides is 2. The third-order valence-electron chi connectivity index (χ3n) is 6.92. The summed E-state index contributed by atoms with van der Waals surface area (Å²) in [5, 5.41) is 15.5. The quantitative estimate of drug-likeness (QED) is 0.495. The first-order valence-electron chi connectivity index (χ1n) is 13.4. The van der Waals surface area contributed by atoms with Crippen LogP contribution in [0.4, 0.5) is 16.3 Å². The monoisotopic (exact) mass is 532 g/mol. The summed E-state index contributed by atoms with van der Waals surface area (Å²) < 4.78 is 7.43. The van der Waals surface area contributed by atoms with Crippen LogP contribution in [0, 0.1) is 5.92 Å². The first kappa shape index (κ1) is 26.6. The fourth-order valence-electron chi connectivity index (χ4n) is 4.64. The third kappa shape index (κ3) is 6.91. The minimum Gasteiger partial charge on any atom is -0.444 e. The second kappa shape index (κ2) is 11.4. The van der Waals surface area contributed by atoms with Crippen LogP contribution in [0.15, 0.2) is 55.0 Å². The number of rotatable bonds is 7. The lowest BCUT2D eigenvalue weighted by Crippen LogP contribution is -2.52. The lowest BCUT2D eigenvalue weighted by Gasteiger charge is -2.38. The highest BCUT2D eigenvalue weighted by Crippen LogP contribution is 2.25. The van der Waals surface area contributed by atoms with E-state index in [1.165, 1.54) is 0 Å². The molecular weight excluding hydrogens is 496 g/mol. The summed E-state index contributed by atoms with van der Waals surface area (Å²) in [7, 11) is 0. The minimum absolute atomic E-state index is 0.0163. The summed E-state index contributed by atoms with van der Waals surface area (Å²) in [6, 6.07) is 11.6. The zero-order chi connectivity index (χ0) is 27.4. The van der Waals surface area contributed by atoms with E-state index in [2.05, 4.69) is 25.5 Å². The summed E-state index contributed by atoms with van der Waals surface area (Å²) in [5.41, 5.74) is 2.38. The Bertz CT molecular complexity index is 1260. The van der Waals surface area contributed by atoms with Crippen LogP contribution in [0.3, 0.4) is 0 Å². The summed E-state index contributed by atoms with van der Waals surface area (Å²) >= 11 is 0. The number of piperazine rings is 1. The van der Waals surface area contributed by atoms with Crippen LogP contribution in [0.5, 0.6) is 0 Å². The molecule has 0 saturated carbocycles. The molecule has 0 unspecified atom stereocenters. The van der Waals surface area contributed by atoms with E-state index in [0.29, 0.717) is 26.2 Å². The number of carbonyl (C=O) groups is 2. The Morgan fingerprint density at radius 3 is 2.41 bits per heavy atom. The molecule has 0 aliphatic carbocycles. The molecule has 1 N–H and O–H groups in total. The van der Waals surface area contributed by atoms with Crippen LogP contribution in [0.2, 0.25) is 0 Å². The fourth-order valence-corrected chi connectivity index (χ4v) is 4.64. The topological polar surface area (TPSA) is 109 Å². The minimum atomic E-state index is -0.474. The van der Waals surface area contributed by atoms with E-state index < -0.39 is 5.60 Å². The fraction of sp³-hybridized carbons (Fsp3) is 0.464. The first-order chi connectivity index (χ1) is 18.7. The second-order valence-corrected chi connectivity index (χ2v) is 11.1. The highest BCUT2D eigenvalue weighted by atomic mass is 16.6. The number of carbonyl (C=O) groups excluding carboxylic acids is 2. The number of anilines is 2. The van der Waals surface area contributed by atoms with Gasteiger partial charge in [-0.25, -0.2) is 4.79 Å². The number of hydrogen-bond donors (Lipinski definition) is 1. The smallest absolute Gasteiger partial charge is 0.410 e. The lowest BCUT2D eigenvalue weighted by atomic mass is 9.99. The Balaban J connectivity index is 1.05. The van der Waals surface area contributed by atoms with Crippen LogP contribution in [0.1, 0.15) is 20.8 Å². The third-order valence-corrected chi connectivity index (χ3v) is 6.92. The average Bonchev–Trinajstić information content (AvgIpc) is 3.36.